The van der Waals surface area contributed by atoms with Gasteiger partial charge in [-0.2, -0.15) is 5.10 Å². The molecular weight excluding hydrogens is 352 g/mol. The van der Waals surface area contributed by atoms with Crippen LogP contribution in [0.5, 0.6) is 0 Å². The summed E-state index contributed by atoms with van der Waals surface area (Å²) in [5.74, 6) is -1.89. The maximum atomic E-state index is 13.6. The summed E-state index contributed by atoms with van der Waals surface area (Å²) < 4.78 is 28.5. The molecule has 3 nitrogen and oxygen atoms in total. The van der Waals surface area contributed by atoms with Crippen LogP contribution >= 0.6 is 27.5 Å². The van der Waals surface area contributed by atoms with Crippen molar-refractivity contribution in [1.29, 1.82) is 0 Å². The Labute approximate surface area is 128 Å². The second-order valence-corrected chi connectivity index (χ2v) is 5.54. The van der Waals surface area contributed by atoms with E-state index in [0.717, 1.165) is 12.5 Å². The van der Waals surface area contributed by atoms with E-state index in [-0.39, 0.29) is 4.47 Å². The predicted molar refractivity (Wildman–Crippen MR) is 77.6 cm³/mol. The molecule has 1 heterocycles. The van der Waals surface area contributed by atoms with Gasteiger partial charge in [-0.25, -0.2) is 8.78 Å². The molecule has 108 valence electrons. The third-order valence-electron chi connectivity index (χ3n) is 2.96. The van der Waals surface area contributed by atoms with E-state index in [1.54, 1.807) is 4.68 Å². The van der Waals surface area contributed by atoms with Gasteiger partial charge in [-0.1, -0.05) is 24.6 Å². The van der Waals surface area contributed by atoms with Gasteiger partial charge in [0.05, 0.1) is 27.4 Å². The van der Waals surface area contributed by atoms with E-state index in [9.17, 15) is 8.78 Å². The lowest BCUT2D eigenvalue weighted by Crippen LogP contribution is -2.19. The molecule has 1 aromatic heterocycles. The number of nitrogens with two attached hydrogens (primary N) is 1. The molecule has 1 unspecified atom stereocenters. The lowest BCUT2D eigenvalue weighted by atomic mass is 10.0. The Morgan fingerprint density at radius 1 is 1.45 bits per heavy atom. The van der Waals surface area contributed by atoms with Crippen molar-refractivity contribution >= 4 is 27.5 Å². The molecule has 0 aliphatic heterocycles. The maximum absolute atomic E-state index is 13.6. The van der Waals surface area contributed by atoms with Crippen LogP contribution in [0, 0.1) is 11.6 Å². The lowest BCUT2D eigenvalue weighted by Gasteiger charge is -2.17. The molecule has 2 rings (SSSR count). The van der Waals surface area contributed by atoms with Crippen molar-refractivity contribution < 1.29 is 8.78 Å². The smallest absolute Gasteiger partial charge is 0.173 e. The zero-order valence-corrected chi connectivity index (χ0v) is 13.0. The molecule has 0 fully saturated rings. The van der Waals surface area contributed by atoms with Crippen LogP contribution in [0.15, 0.2) is 22.8 Å². The van der Waals surface area contributed by atoms with Crippen LogP contribution in [-0.4, -0.2) is 9.78 Å². The highest BCUT2D eigenvalue weighted by atomic mass is 79.9. The molecule has 1 atom stereocenters. The van der Waals surface area contributed by atoms with Crippen LogP contribution in [0.1, 0.15) is 30.6 Å². The monoisotopic (exact) mass is 363 g/mol. The molecule has 0 saturated heterocycles. The first-order valence-corrected chi connectivity index (χ1v) is 7.24. The molecule has 2 N–H and O–H groups in total. The van der Waals surface area contributed by atoms with Gasteiger partial charge in [-0.3, -0.25) is 4.68 Å². The van der Waals surface area contributed by atoms with Gasteiger partial charge in [0, 0.05) is 6.54 Å². The van der Waals surface area contributed by atoms with Crippen molar-refractivity contribution in [2.75, 3.05) is 0 Å². The van der Waals surface area contributed by atoms with Gasteiger partial charge in [0.1, 0.15) is 0 Å². The van der Waals surface area contributed by atoms with Crippen molar-refractivity contribution in [3.63, 3.8) is 0 Å². The fraction of sp³-hybridized carbons (Fsp3) is 0.308. The topological polar surface area (TPSA) is 43.8 Å². The van der Waals surface area contributed by atoms with Crippen molar-refractivity contribution in [3.8, 4) is 0 Å². The molecule has 0 amide bonds. The van der Waals surface area contributed by atoms with Gasteiger partial charge < -0.3 is 5.73 Å². The highest BCUT2D eigenvalue weighted by Crippen LogP contribution is 2.33. The Hall–Kier alpha value is -0.980. The molecule has 7 heteroatoms. The molecule has 0 aliphatic carbocycles. The lowest BCUT2D eigenvalue weighted by molar-refractivity contribution is 0.499. The molecule has 0 radical (unpaired) electrons. The average Bonchev–Trinajstić information content (AvgIpc) is 2.77. The summed E-state index contributed by atoms with van der Waals surface area (Å²) in [5.41, 5.74) is 7.15. The highest BCUT2D eigenvalue weighted by molar-refractivity contribution is 9.10. The van der Waals surface area contributed by atoms with Gasteiger partial charge >= 0.3 is 0 Å². The summed E-state index contributed by atoms with van der Waals surface area (Å²) in [6.07, 6.45) is 2.36. The second kappa shape index (κ2) is 6.20. The molecular formula is C13H13BrClF2N3. The Balaban J connectivity index is 2.49. The third kappa shape index (κ3) is 2.73. The van der Waals surface area contributed by atoms with Crippen molar-refractivity contribution in [1.82, 2.24) is 9.78 Å². The fourth-order valence-corrected chi connectivity index (χ4v) is 2.83. The first kappa shape index (κ1) is 15.4. The summed E-state index contributed by atoms with van der Waals surface area (Å²) >= 11 is 9.14. The number of aryl methyl sites for hydroxylation is 1. The Morgan fingerprint density at radius 3 is 2.80 bits per heavy atom. The number of rotatable bonds is 4. The third-order valence-corrected chi connectivity index (χ3v) is 4.06. The number of hydrogen-bond acceptors (Lipinski definition) is 2. The SMILES string of the molecule is CCCn1ncc(Cl)c1C(N)c1ccc(F)c(F)c1Br. The van der Waals surface area contributed by atoms with Crippen LogP contribution in [0.2, 0.25) is 5.02 Å². The summed E-state index contributed by atoms with van der Waals surface area (Å²) in [6.45, 7) is 2.65. The quantitative estimate of drug-likeness (QED) is 0.832. The number of hydrogen-bond donors (Lipinski definition) is 1. The minimum absolute atomic E-state index is 0.00492. The maximum Gasteiger partial charge on any atom is 0.173 e. The van der Waals surface area contributed by atoms with Gasteiger partial charge in [0.2, 0.25) is 0 Å². The standard InChI is InChI=1S/C13H13BrClF2N3/c1-2-5-20-13(8(15)6-19-20)12(18)7-3-4-9(16)11(17)10(7)14/h3-4,6,12H,2,5,18H2,1H3. The van der Waals surface area contributed by atoms with E-state index in [1.165, 1.54) is 12.3 Å². The highest BCUT2D eigenvalue weighted by Gasteiger charge is 2.23. The number of nitrogens with zero attached hydrogens (tertiary/aromatic N) is 2. The minimum Gasteiger partial charge on any atom is -0.319 e. The molecule has 0 aliphatic rings. The van der Waals surface area contributed by atoms with Crippen LogP contribution in [0.3, 0.4) is 0 Å². The van der Waals surface area contributed by atoms with Crippen molar-refractivity contribution in [2.24, 2.45) is 5.73 Å². The van der Waals surface area contributed by atoms with Gasteiger partial charge in [0.25, 0.3) is 0 Å². The van der Waals surface area contributed by atoms with Crippen LogP contribution in [0.4, 0.5) is 8.78 Å². The zero-order chi connectivity index (χ0) is 14.9. The van der Waals surface area contributed by atoms with Crippen molar-refractivity contribution in [3.05, 3.63) is 50.7 Å². The zero-order valence-electron chi connectivity index (χ0n) is 10.7. The number of halogens is 4. The largest absolute Gasteiger partial charge is 0.319 e. The molecule has 0 bridgehead atoms. The normalized spacial score (nSPS) is 12.7. The predicted octanol–water partition coefficient (Wildman–Crippen LogP) is 4.04. The van der Waals surface area contributed by atoms with Crippen LogP contribution < -0.4 is 5.73 Å². The molecule has 0 saturated carbocycles. The molecule has 1 aromatic carbocycles. The Bertz CT molecular complexity index is 630. The first-order valence-electron chi connectivity index (χ1n) is 6.07. The van der Waals surface area contributed by atoms with Crippen LogP contribution in [0.25, 0.3) is 0 Å². The van der Waals surface area contributed by atoms with Crippen LogP contribution in [-0.2, 0) is 6.54 Å². The molecule has 0 spiro atoms. The van der Waals surface area contributed by atoms with Gasteiger partial charge in [0.15, 0.2) is 11.6 Å². The molecule has 2 aromatic rings. The summed E-state index contributed by atoms with van der Waals surface area (Å²) in [5, 5.41) is 4.55. The number of benzene rings is 1. The van der Waals surface area contributed by atoms with E-state index >= 15 is 0 Å². The number of aromatic nitrogens is 2. The van der Waals surface area contributed by atoms with E-state index in [0.29, 0.717) is 22.8 Å². The average molecular weight is 365 g/mol. The van der Waals surface area contributed by atoms with E-state index in [4.69, 9.17) is 17.3 Å². The first-order chi connectivity index (χ1) is 9.47. The Morgan fingerprint density at radius 2 is 2.15 bits per heavy atom. The summed E-state index contributed by atoms with van der Waals surface area (Å²) in [7, 11) is 0. The Kier molecular flexibility index (Phi) is 4.78. The van der Waals surface area contributed by atoms with Gasteiger partial charge in [-0.15, -0.1) is 0 Å². The molecule has 20 heavy (non-hydrogen) atoms. The minimum atomic E-state index is -0.962. The van der Waals surface area contributed by atoms with E-state index in [2.05, 4.69) is 21.0 Å². The summed E-state index contributed by atoms with van der Waals surface area (Å²) in [4.78, 5) is 0. The van der Waals surface area contributed by atoms with E-state index < -0.39 is 17.7 Å². The summed E-state index contributed by atoms with van der Waals surface area (Å²) in [6, 6.07) is 1.79. The van der Waals surface area contributed by atoms with Gasteiger partial charge in [-0.05, 0) is 34.0 Å². The fourth-order valence-electron chi connectivity index (χ4n) is 2.00. The van der Waals surface area contributed by atoms with E-state index in [1.807, 2.05) is 6.92 Å². The van der Waals surface area contributed by atoms with Crippen molar-refractivity contribution in [2.45, 2.75) is 25.9 Å². The second-order valence-electron chi connectivity index (χ2n) is 4.34.